The van der Waals surface area contributed by atoms with Crippen LogP contribution in [0.15, 0.2) is 12.2 Å². The Labute approximate surface area is 81.8 Å². The van der Waals surface area contributed by atoms with Crippen LogP contribution in [-0.2, 0) is 0 Å². The molecular weight excluding hydrogens is 158 g/mol. The van der Waals surface area contributed by atoms with Crippen LogP contribution in [0.5, 0.6) is 0 Å². The van der Waals surface area contributed by atoms with Gasteiger partial charge in [0.05, 0.1) is 6.04 Å². The quantitative estimate of drug-likeness (QED) is 0.472. The highest BCUT2D eigenvalue weighted by Crippen LogP contribution is 2.19. The van der Waals surface area contributed by atoms with E-state index in [4.69, 9.17) is 6.42 Å². The topological polar surface area (TPSA) is 3.24 Å². The summed E-state index contributed by atoms with van der Waals surface area (Å²) in [5.41, 5.74) is 0. The van der Waals surface area contributed by atoms with Crippen molar-refractivity contribution in [1.82, 2.24) is 4.90 Å². The number of nitrogens with zero attached hydrogens (tertiary/aromatic N) is 1. The van der Waals surface area contributed by atoms with Gasteiger partial charge in [-0.05, 0) is 39.2 Å². The zero-order valence-corrected chi connectivity index (χ0v) is 8.66. The summed E-state index contributed by atoms with van der Waals surface area (Å²) in [6.45, 7) is 3.22. The van der Waals surface area contributed by atoms with Crippen molar-refractivity contribution in [1.29, 1.82) is 0 Å². The predicted molar refractivity (Wildman–Crippen MR) is 57.4 cm³/mol. The summed E-state index contributed by atoms with van der Waals surface area (Å²) in [6, 6.07) is 0.269. The molecule has 0 spiro atoms. The van der Waals surface area contributed by atoms with Crippen molar-refractivity contribution in [2.75, 3.05) is 13.6 Å². The molecule has 13 heavy (non-hydrogen) atoms. The second-order valence-corrected chi connectivity index (χ2v) is 3.93. The van der Waals surface area contributed by atoms with Gasteiger partial charge >= 0.3 is 0 Å². The smallest absolute Gasteiger partial charge is 0.0680 e. The Kier molecular flexibility index (Phi) is 4.05. The third kappa shape index (κ3) is 3.24. The Bertz CT molecular complexity index is 212. The molecule has 0 aromatic rings. The first kappa shape index (κ1) is 10.3. The molecule has 0 aliphatic heterocycles. The van der Waals surface area contributed by atoms with E-state index in [-0.39, 0.29) is 6.04 Å². The molecule has 72 valence electrons. The van der Waals surface area contributed by atoms with Crippen molar-refractivity contribution in [2.24, 2.45) is 5.92 Å². The fourth-order valence-corrected chi connectivity index (χ4v) is 1.71. The second kappa shape index (κ2) is 5.09. The van der Waals surface area contributed by atoms with Crippen LogP contribution in [-0.4, -0.2) is 24.5 Å². The van der Waals surface area contributed by atoms with Gasteiger partial charge in [-0.15, -0.1) is 6.42 Å². The van der Waals surface area contributed by atoms with Crippen LogP contribution in [0, 0.1) is 18.3 Å². The van der Waals surface area contributed by atoms with E-state index in [9.17, 15) is 0 Å². The van der Waals surface area contributed by atoms with Crippen LogP contribution in [0.1, 0.15) is 26.2 Å². The average Bonchev–Trinajstić information content (AvgIpc) is 2.18. The zero-order chi connectivity index (χ0) is 9.68. The van der Waals surface area contributed by atoms with Crippen molar-refractivity contribution >= 4 is 0 Å². The lowest BCUT2D eigenvalue weighted by atomic mass is 9.94. The minimum Gasteiger partial charge on any atom is -0.293 e. The van der Waals surface area contributed by atoms with Crippen LogP contribution in [0.3, 0.4) is 0 Å². The zero-order valence-electron chi connectivity index (χ0n) is 8.66. The third-order valence-electron chi connectivity index (χ3n) is 2.83. The molecule has 0 amide bonds. The summed E-state index contributed by atoms with van der Waals surface area (Å²) in [4.78, 5) is 2.27. The van der Waals surface area contributed by atoms with Crippen molar-refractivity contribution in [3.63, 3.8) is 0 Å². The van der Waals surface area contributed by atoms with Crippen LogP contribution < -0.4 is 0 Å². The number of allylic oxidation sites excluding steroid dienone is 2. The summed E-state index contributed by atoms with van der Waals surface area (Å²) in [5, 5.41) is 0. The molecule has 0 aromatic heterocycles. The molecule has 0 fully saturated rings. The highest BCUT2D eigenvalue weighted by molar-refractivity contribution is 4.97. The van der Waals surface area contributed by atoms with Crippen LogP contribution >= 0.6 is 0 Å². The first-order valence-electron chi connectivity index (χ1n) is 5.05. The predicted octanol–water partition coefficient (Wildman–Crippen LogP) is 2.30. The van der Waals surface area contributed by atoms with Gasteiger partial charge in [0, 0.05) is 6.54 Å². The van der Waals surface area contributed by atoms with Crippen molar-refractivity contribution in [2.45, 2.75) is 32.2 Å². The molecule has 0 heterocycles. The molecule has 0 saturated carbocycles. The van der Waals surface area contributed by atoms with E-state index in [2.05, 4.69) is 36.9 Å². The number of terminal acetylenes is 1. The van der Waals surface area contributed by atoms with Gasteiger partial charge in [0.2, 0.25) is 0 Å². The summed E-state index contributed by atoms with van der Waals surface area (Å²) in [7, 11) is 2.11. The van der Waals surface area contributed by atoms with Gasteiger partial charge in [-0.2, -0.15) is 0 Å². The monoisotopic (exact) mass is 177 g/mol. The van der Waals surface area contributed by atoms with Crippen LogP contribution in [0.25, 0.3) is 0 Å². The average molecular weight is 177 g/mol. The standard InChI is InChI=1S/C12H19N/c1-4-11(2)13(3)10-12-8-6-5-7-9-12/h1,5-6,11-12H,7-10H2,2-3H3. The van der Waals surface area contributed by atoms with Crippen LogP contribution in [0.4, 0.5) is 0 Å². The van der Waals surface area contributed by atoms with Gasteiger partial charge in [0.15, 0.2) is 0 Å². The van der Waals surface area contributed by atoms with E-state index in [0.717, 1.165) is 12.5 Å². The Balaban J connectivity index is 2.31. The van der Waals surface area contributed by atoms with Crippen LogP contribution in [0.2, 0.25) is 0 Å². The normalized spacial score (nSPS) is 24.3. The Morgan fingerprint density at radius 3 is 2.92 bits per heavy atom. The van der Waals surface area contributed by atoms with Gasteiger partial charge in [-0.3, -0.25) is 4.90 Å². The molecule has 0 radical (unpaired) electrons. The van der Waals surface area contributed by atoms with E-state index in [1.165, 1.54) is 19.3 Å². The molecule has 2 unspecified atom stereocenters. The summed E-state index contributed by atoms with van der Waals surface area (Å²) in [6.07, 6.45) is 13.7. The molecule has 1 nitrogen and oxygen atoms in total. The van der Waals surface area contributed by atoms with Gasteiger partial charge in [0.1, 0.15) is 0 Å². The minimum atomic E-state index is 0.269. The van der Waals surface area contributed by atoms with Gasteiger partial charge < -0.3 is 0 Å². The van der Waals surface area contributed by atoms with E-state index in [1.807, 2.05) is 0 Å². The molecule has 1 heteroatoms. The van der Waals surface area contributed by atoms with Crippen molar-refractivity contribution < 1.29 is 0 Å². The lowest BCUT2D eigenvalue weighted by Crippen LogP contribution is -2.32. The largest absolute Gasteiger partial charge is 0.293 e. The van der Waals surface area contributed by atoms with E-state index >= 15 is 0 Å². The molecule has 0 N–H and O–H groups in total. The first-order valence-corrected chi connectivity index (χ1v) is 5.05. The number of rotatable bonds is 3. The Morgan fingerprint density at radius 1 is 1.62 bits per heavy atom. The van der Waals surface area contributed by atoms with Crippen molar-refractivity contribution in [3.05, 3.63) is 12.2 Å². The van der Waals surface area contributed by atoms with Gasteiger partial charge in [-0.25, -0.2) is 0 Å². The van der Waals surface area contributed by atoms with E-state index in [1.54, 1.807) is 0 Å². The summed E-state index contributed by atoms with van der Waals surface area (Å²) >= 11 is 0. The Morgan fingerprint density at radius 2 is 2.38 bits per heavy atom. The fraction of sp³-hybridized carbons (Fsp3) is 0.667. The van der Waals surface area contributed by atoms with E-state index in [0.29, 0.717) is 0 Å². The third-order valence-corrected chi connectivity index (χ3v) is 2.83. The minimum absolute atomic E-state index is 0.269. The molecule has 0 saturated heterocycles. The molecule has 1 aliphatic rings. The lowest BCUT2D eigenvalue weighted by Gasteiger charge is -2.26. The van der Waals surface area contributed by atoms with Gasteiger partial charge in [0.25, 0.3) is 0 Å². The molecular formula is C12H19N. The maximum atomic E-state index is 5.37. The summed E-state index contributed by atoms with van der Waals surface area (Å²) < 4.78 is 0. The number of hydrogen-bond donors (Lipinski definition) is 0. The SMILES string of the molecule is C#CC(C)N(C)CC1CC=CCC1. The molecule has 0 bridgehead atoms. The fourth-order valence-electron chi connectivity index (χ4n) is 1.71. The molecule has 2 atom stereocenters. The summed E-state index contributed by atoms with van der Waals surface area (Å²) in [5.74, 6) is 3.57. The maximum Gasteiger partial charge on any atom is 0.0680 e. The second-order valence-electron chi connectivity index (χ2n) is 3.93. The first-order chi connectivity index (χ1) is 6.24. The van der Waals surface area contributed by atoms with Crippen molar-refractivity contribution in [3.8, 4) is 12.3 Å². The highest BCUT2D eigenvalue weighted by Gasteiger charge is 2.14. The van der Waals surface area contributed by atoms with Gasteiger partial charge in [-0.1, -0.05) is 18.1 Å². The Hall–Kier alpha value is -0.740. The maximum absolute atomic E-state index is 5.37. The molecule has 1 rings (SSSR count). The van der Waals surface area contributed by atoms with E-state index < -0.39 is 0 Å². The number of hydrogen-bond acceptors (Lipinski definition) is 1. The lowest BCUT2D eigenvalue weighted by molar-refractivity contribution is 0.244. The molecule has 1 aliphatic carbocycles. The molecule has 0 aromatic carbocycles. The highest BCUT2D eigenvalue weighted by atomic mass is 15.1.